The zero-order valence-corrected chi connectivity index (χ0v) is 14.7. The summed E-state index contributed by atoms with van der Waals surface area (Å²) < 4.78 is 5.81. The van der Waals surface area contributed by atoms with Gasteiger partial charge in [0, 0.05) is 0 Å². The Balaban J connectivity index is 0. The first-order valence-electron chi connectivity index (χ1n) is 7.90. The van der Waals surface area contributed by atoms with Crippen molar-refractivity contribution in [2.24, 2.45) is 11.3 Å². The molecule has 2 nitrogen and oxygen atoms in total. The minimum atomic E-state index is -0.371. The van der Waals surface area contributed by atoms with Gasteiger partial charge < -0.3 is 4.74 Å². The summed E-state index contributed by atoms with van der Waals surface area (Å²) in [7, 11) is 0. The summed E-state index contributed by atoms with van der Waals surface area (Å²) in [6.07, 6.45) is 3.83. The Hall–Kier alpha value is -0.530. The zero-order valence-electron chi connectivity index (χ0n) is 14.7. The number of hydrogen-bond acceptors (Lipinski definition) is 2. The lowest BCUT2D eigenvalue weighted by Gasteiger charge is -2.38. The van der Waals surface area contributed by atoms with Gasteiger partial charge in [0.15, 0.2) is 0 Å². The first kappa shape index (κ1) is 20.8. The van der Waals surface area contributed by atoms with E-state index in [2.05, 4.69) is 41.5 Å². The third kappa shape index (κ3) is 6.44. The molecular formula is C17H36O2. The predicted molar refractivity (Wildman–Crippen MR) is 84.3 cm³/mol. The standard InChI is InChI=1S/C14H28O2.C3H8/c1-8-13(6,7)12(15)16-14(9-2,10-3)11(4)5;1-3-2/h11H,8-10H2,1-7H3;3H2,1-2H3. The molecule has 0 aliphatic rings. The van der Waals surface area contributed by atoms with Crippen LogP contribution in [0.3, 0.4) is 0 Å². The molecule has 0 radical (unpaired) electrons. The van der Waals surface area contributed by atoms with Gasteiger partial charge in [-0.3, -0.25) is 4.79 Å². The zero-order chi connectivity index (χ0) is 15.7. The van der Waals surface area contributed by atoms with Crippen LogP contribution in [0.1, 0.15) is 88.0 Å². The number of rotatable bonds is 6. The Labute approximate surface area is 121 Å². The molecule has 0 rings (SSSR count). The molecule has 0 heterocycles. The quantitative estimate of drug-likeness (QED) is 0.588. The first-order valence-corrected chi connectivity index (χ1v) is 7.90. The minimum Gasteiger partial charge on any atom is -0.458 e. The SMILES string of the molecule is CCC.CCC(C)(C)C(=O)OC(CC)(CC)C(C)C. The van der Waals surface area contributed by atoms with E-state index in [1.54, 1.807) is 0 Å². The first-order chi connectivity index (χ1) is 8.67. The molecule has 19 heavy (non-hydrogen) atoms. The van der Waals surface area contributed by atoms with Crippen molar-refractivity contribution >= 4 is 5.97 Å². The van der Waals surface area contributed by atoms with Gasteiger partial charge in [-0.15, -0.1) is 0 Å². The molecule has 0 bridgehead atoms. The molecule has 0 N–H and O–H groups in total. The monoisotopic (exact) mass is 272 g/mol. The number of carbonyl (C=O) groups is 1. The van der Waals surface area contributed by atoms with Gasteiger partial charge in [0.2, 0.25) is 0 Å². The lowest BCUT2D eigenvalue weighted by Crippen LogP contribution is -2.42. The Morgan fingerprint density at radius 2 is 1.32 bits per heavy atom. The molecule has 0 atom stereocenters. The normalized spacial score (nSPS) is 11.9. The summed E-state index contributed by atoms with van der Waals surface area (Å²) in [6, 6.07) is 0. The van der Waals surface area contributed by atoms with E-state index in [1.165, 1.54) is 6.42 Å². The van der Waals surface area contributed by atoms with Gasteiger partial charge in [0.1, 0.15) is 5.60 Å². The summed E-state index contributed by atoms with van der Waals surface area (Å²) >= 11 is 0. The molecule has 0 aromatic carbocycles. The van der Waals surface area contributed by atoms with Crippen LogP contribution < -0.4 is 0 Å². The van der Waals surface area contributed by atoms with Gasteiger partial charge in [-0.05, 0) is 39.0 Å². The fraction of sp³-hybridized carbons (Fsp3) is 0.941. The second-order valence-corrected chi connectivity index (χ2v) is 6.26. The molecule has 0 fully saturated rings. The lowest BCUT2D eigenvalue weighted by molar-refractivity contribution is -0.177. The number of carbonyl (C=O) groups excluding carboxylic acids is 1. The lowest BCUT2D eigenvalue weighted by atomic mass is 9.83. The van der Waals surface area contributed by atoms with Crippen molar-refractivity contribution in [2.45, 2.75) is 93.6 Å². The van der Waals surface area contributed by atoms with Crippen molar-refractivity contribution < 1.29 is 9.53 Å². The van der Waals surface area contributed by atoms with Crippen LogP contribution in [0.2, 0.25) is 0 Å². The maximum Gasteiger partial charge on any atom is 0.312 e. The molecular weight excluding hydrogens is 236 g/mol. The second kappa shape index (κ2) is 9.39. The van der Waals surface area contributed by atoms with Crippen molar-refractivity contribution in [2.75, 3.05) is 0 Å². The molecule has 0 spiro atoms. The van der Waals surface area contributed by atoms with E-state index in [0.29, 0.717) is 5.92 Å². The van der Waals surface area contributed by atoms with Gasteiger partial charge in [-0.2, -0.15) is 0 Å². The number of esters is 1. The highest BCUT2D eigenvalue weighted by Gasteiger charge is 2.38. The summed E-state index contributed by atoms with van der Waals surface area (Å²) in [5, 5.41) is 0. The third-order valence-corrected chi connectivity index (χ3v) is 3.98. The molecule has 0 saturated carbocycles. The van der Waals surface area contributed by atoms with Crippen LogP contribution >= 0.6 is 0 Å². The van der Waals surface area contributed by atoms with Gasteiger partial charge >= 0.3 is 5.97 Å². The topological polar surface area (TPSA) is 26.3 Å². The Morgan fingerprint density at radius 3 is 1.53 bits per heavy atom. The summed E-state index contributed by atoms with van der Waals surface area (Å²) in [4.78, 5) is 12.1. The fourth-order valence-corrected chi connectivity index (χ4v) is 1.80. The van der Waals surface area contributed by atoms with E-state index in [9.17, 15) is 4.79 Å². The fourth-order valence-electron chi connectivity index (χ4n) is 1.80. The molecule has 116 valence electrons. The molecule has 2 heteroatoms. The third-order valence-electron chi connectivity index (χ3n) is 3.98. The van der Waals surface area contributed by atoms with E-state index < -0.39 is 0 Å². The van der Waals surface area contributed by atoms with Crippen molar-refractivity contribution in [3.63, 3.8) is 0 Å². The van der Waals surface area contributed by atoms with Crippen molar-refractivity contribution in [1.82, 2.24) is 0 Å². The smallest absolute Gasteiger partial charge is 0.312 e. The van der Waals surface area contributed by atoms with Gasteiger partial charge in [0.25, 0.3) is 0 Å². The molecule has 0 aromatic heterocycles. The molecule has 0 saturated heterocycles. The van der Waals surface area contributed by atoms with E-state index in [0.717, 1.165) is 19.3 Å². The van der Waals surface area contributed by atoms with Crippen molar-refractivity contribution in [1.29, 1.82) is 0 Å². The highest BCUT2D eigenvalue weighted by molar-refractivity contribution is 5.76. The van der Waals surface area contributed by atoms with Crippen LogP contribution in [0.5, 0.6) is 0 Å². The Morgan fingerprint density at radius 1 is 0.947 bits per heavy atom. The van der Waals surface area contributed by atoms with Gasteiger partial charge in [-0.1, -0.05) is 54.9 Å². The maximum atomic E-state index is 12.1. The Bertz CT molecular complexity index is 238. The van der Waals surface area contributed by atoms with E-state index >= 15 is 0 Å². The largest absolute Gasteiger partial charge is 0.458 e. The van der Waals surface area contributed by atoms with Crippen LogP contribution in [0, 0.1) is 11.3 Å². The minimum absolute atomic E-state index is 0.0626. The average molecular weight is 272 g/mol. The Kier molecular flexibility index (Phi) is 10.3. The highest BCUT2D eigenvalue weighted by Crippen LogP contribution is 2.33. The molecule has 0 amide bonds. The second-order valence-electron chi connectivity index (χ2n) is 6.26. The van der Waals surface area contributed by atoms with Crippen LogP contribution in [-0.4, -0.2) is 11.6 Å². The number of hydrogen-bond donors (Lipinski definition) is 0. The van der Waals surface area contributed by atoms with Gasteiger partial charge in [-0.25, -0.2) is 0 Å². The van der Waals surface area contributed by atoms with Crippen LogP contribution in [0.15, 0.2) is 0 Å². The summed E-state index contributed by atoms with van der Waals surface area (Å²) in [5.41, 5.74) is -0.659. The van der Waals surface area contributed by atoms with Crippen LogP contribution in [0.4, 0.5) is 0 Å². The predicted octanol–water partition coefficient (Wildman–Crippen LogP) is 5.60. The summed E-state index contributed by atoms with van der Waals surface area (Å²) in [5.74, 6) is 0.298. The van der Waals surface area contributed by atoms with Crippen LogP contribution in [0.25, 0.3) is 0 Å². The highest BCUT2D eigenvalue weighted by atomic mass is 16.6. The number of ether oxygens (including phenoxy) is 1. The molecule has 0 aromatic rings. The van der Waals surface area contributed by atoms with Crippen molar-refractivity contribution in [3.05, 3.63) is 0 Å². The maximum absolute atomic E-state index is 12.1. The molecule has 0 aliphatic heterocycles. The van der Waals surface area contributed by atoms with Crippen LogP contribution in [-0.2, 0) is 9.53 Å². The average Bonchev–Trinajstić information content (AvgIpc) is 2.36. The van der Waals surface area contributed by atoms with E-state index in [-0.39, 0.29) is 17.0 Å². The van der Waals surface area contributed by atoms with Gasteiger partial charge in [0.05, 0.1) is 5.41 Å². The molecule has 0 aliphatic carbocycles. The van der Waals surface area contributed by atoms with E-state index in [1.807, 2.05) is 20.8 Å². The van der Waals surface area contributed by atoms with E-state index in [4.69, 9.17) is 4.74 Å². The summed E-state index contributed by atoms with van der Waals surface area (Å²) in [6.45, 7) is 18.6. The molecule has 0 unspecified atom stereocenters. The van der Waals surface area contributed by atoms with Crippen molar-refractivity contribution in [3.8, 4) is 0 Å².